The molecule has 0 aliphatic heterocycles. The van der Waals surface area contributed by atoms with Crippen LogP contribution in [0, 0.1) is 24.0 Å². The highest BCUT2D eigenvalue weighted by Crippen LogP contribution is 2.28. The third kappa shape index (κ3) is 1.20. The minimum Gasteiger partial charge on any atom is -0.488 e. The number of rotatable bonds is 1. The van der Waals surface area contributed by atoms with Crippen LogP contribution in [0.3, 0.4) is 0 Å². The van der Waals surface area contributed by atoms with E-state index in [0.29, 0.717) is 11.1 Å². The molecule has 1 heterocycles. The fourth-order valence-electron chi connectivity index (χ4n) is 0.889. The Kier molecular flexibility index (Phi) is 1.95. The third-order valence-corrected chi connectivity index (χ3v) is 1.72. The monoisotopic (exact) mass is 168 g/mol. The summed E-state index contributed by atoms with van der Waals surface area (Å²) in [5.41, 5.74) is 0.835. The van der Waals surface area contributed by atoms with Crippen LogP contribution in [0.25, 0.3) is 0 Å². The number of hydrogen-bond donors (Lipinski definition) is 1. The van der Waals surface area contributed by atoms with Gasteiger partial charge in [-0.1, -0.05) is 0 Å². The van der Waals surface area contributed by atoms with E-state index < -0.39 is 10.8 Å². The van der Waals surface area contributed by atoms with Crippen LogP contribution in [0.2, 0.25) is 0 Å². The van der Waals surface area contributed by atoms with Crippen LogP contribution in [0.4, 0.5) is 5.69 Å². The van der Waals surface area contributed by atoms with Gasteiger partial charge in [-0.2, -0.15) is 0 Å². The number of pyridine rings is 1. The van der Waals surface area contributed by atoms with E-state index in [9.17, 15) is 10.1 Å². The van der Waals surface area contributed by atoms with Gasteiger partial charge >= 0.3 is 5.69 Å². The molecule has 0 saturated carbocycles. The van der Waals surface area contributed by atoms with Gasteiger partial charge in [0.1, 0.15) is 0 Å². The molecule has 5 heteroatoms. The highest BCUT2D eigenvalue weighted by Gasteiger charge is 2.19. The van der Waals surface area contributed by atoms with E-state index in [-0.39, 0.29) is 5.69 Å². The van der Waals surface area contributed by atoms with E-state index in [0.717, 1.165) is 0 Å². The van der Waals surface area contributed by atoms with Crippen molar-refractivity contribution in [2.24, 2.45) is 0 Å². The van der Waals surface area contributed by atoms with Crippen molar-refractivity contribution in [3.63, 3.8) is 0 Å². The molecule has 0 bridgehead atoms. The lowest BCUT2D eigenvalue weighted by atomic mass is 10.1. The average molecular weight is 168 g/mol. The van der Waals surface area contributed by atoms with Gasteiger partial charge in [0, 0.05) is 11.8 Å². The maximum atomic E-state index is 10.4. The minimum absolute atomic E-state index is 0.310. The summed E-state index contributed by atoms with van der Waals surface area (Å²) in [5, 5.41) is 19.4. The summed E-state index contributed by atoms with van der Waals surface area (Å²) >= 11 is 0. The highest BCUT2D eigenvalue weighted by molar-refractivity contribution is 5.49. The van der Waals surface area contributed by atoms with Crippen LogP contribution in [0.5, 0.6) is 5.88 Å². The second-order valence-electron chi connectivity index (χ2n) is 2.50. The molecule has 0 saturated heterocycles. The van der Waals surface area contributed by atoms with E-state index in [1.54, 1.807) is 13.8 Å². The molecule has 1 N–H and O–H groups in total. The van der Waals surface area contributed by atoms with Gasteiger partial charge in [0.05, 0.1) is 4.92 Å². The lowest BCUT2D eigenvalue weighted by Crippen LogP contribution is -1.96. The lowest BCUT2D eigenvalue weighted by molar-refractivity contribution is -0.386. The molecule has 0 atom stereocenters. The molecule has 1 aromatic heterocycles. The Balaban J connectivity index is 3.43. The predicted molar refractivity (Wildman–Crippen MR) is 42.0 cm³/mol. The van der Waals surface area contributed by atoms with Crippen molar-refractivity contribution >= 4 is 5.69 Å². The summed E-state index contributed by atoms with van der Waals surface area (Å²) in [5.74, 6) is -0.525. The number of aryl methyl sites for hydroxylation is 1. The van der Waals surface area contributed by atoms with E-state index in [1.807, 2.05) is 0 Å². The third-order valence-electron chi connectivity index (χ3n) is 1.72. The summed E-state index contributed by atoms with van der Waals surface area (Å²) in [6.07, 6.45) is 1.40. The van der Waals surface area contributed by atoms with Crippen LogP contribution in [-0.4, -0.2) is 15.0 Å². The number of nitro groups is 1. The Labute approximate surface area is 68.8 Å². The van der Waals surface area contributed by atoms with E-state index in [4.69, 9.17) is 5.11 Å². The van der Waals surface area contributed by atoms with Gasteiger partial charge in [0.25, 0.3) is 5.88 Å². The van der Waals surface area contributed by atoms with Crippen molar-refractivity contribution in [1.82, 2.24) is 4.98 Å². The molecular weight excluding hydrogens is 160 g/mol. The largest absolute Gasteiger partial charge is 0.488 e. The molecule has 5 nitrogen and oxygen atoms in total. The van der Waals surface area contributed by atoms with E-state index >= 15 is 0 Å². The van der Waals surface area contributed by atoms with Crippen molar-refractivity contribution in [2.75, 3.05) is 0 Å². The number of hydrogen-bond acceptors (Lipinski definition) is 4. The Bertz CT molecular complexity index is 336. The van der Waals surface area contributed by atoms with Gasteiger partial charge in [-0.15, -0.1) is 0 Å². The van der Waals surface area contributed by atoms with Crippen LogP contribution < -0.4 is 0 Å². The van der Waals surface area contributed by atoms with E-state index in [1.165, 1.54) is 6.20 Å². The van der Waals surface area contributed by atoms with E-state index in [2.05, 4.69) is 4.98 Å². The summed E-state index contributed by atoms with van der Waals surface area (Å²) in [4.78, 5) is 13.2. The molecule has 0 fully saturated rings. The SMILES string of the molecule is Cc1cnc(O)c([N+](=O)[O-])c1C. The Morgan fingerprint density at radius 1 is 1.58 bits per heavy atom. The molecule has 1 rings (SSSR count). The number of aromatic nitrogens is 1. The van der Waals surface area contributed by atoms with Crippen LogP contribution in [0.15, 0.2) is 6.20 Å². The topological polar surface area (TPSA) is 76.3 Å². The minimum atomic E-state index is -0.634. The maximum Gasteiger partial charge on any atom is 0.333 e. The quantitative estimate of drug-likeness (QED) is 0.506. The average Bonchev–Trinajstić information content (AvgIpc) is 1.97. The fraction of sp³-hybridized carbons (Fsp3) is 0.286. The zero-order valence-corrected chi connectivity index (χ0v) is 6.74. The fourth-order valence-corrected chi connectivity index (χ4v) is 0.889. The van der Waals surface area contributed by atoms with Gasteiger partial charge in [-0.05, 0) is 19.4 Å². The molecule has 0 aromatic carbocycles. The van der Waals surface area contributed by atoms with Crippen LogP contribution in [-0.2, 0) is 0 Å². The molecule has 0 amide bonds. The van der Waals surface area contributed by atoms with Crippen molar-refractivity contribution in [1.29, 1.82) is 0 Å². The second kappa shape index (κ2) is 2.77. The Hall–Kier alpha value is -1.65. The molecule has 0 radical (unpaired) electrons. The zero-order valence-electron chi connectivity index (χ0n) is 6.74. The standard InChI is InChI=1S/C7H8N2O3/c1-4-3-8-7(10)6(5(4)2)9(11)12/h3H,1-2H3,(H,8,10). The molecule has 0 spiro atoms. The smallest absolute Gasteiger partial charge is 0.333 e. The molecule has 64 valence electrons. The van der Waals surface area contributed by atoms with Crippen molar-refractivity contribution in [3.8, 4) is 5.88 Å². The first-order chi connectivity index (χ1) is 5.54. The first-order valence-corrected chi connectivity index (χ1v) is 3.33. The van der Waals surface area contributed by atoms with Crippen LogP contribution in [0.1, 0.15) is 11.1 Å². The molecule has 12 heavy (non-hydrogen) atoms. The van der Waals surface area contributed by atoms with Gasteiger partial charge in [-0.3, -0.25) is 10.1 Å². The van der Waals surface area contributed by atoms with Crippen LogP contribution >= 0.6 is 0 Å². The second-order valence-corrected chi connectivity index (χ2v) is 2.50. The lowest BCUT2D eigenvalue weighted by Gasteiger charge is -2.00. The Morgan fingerprint density at radius 2 is 2.17 bits per heavy atom. The highest BCUT2D eigenvalue weighted by atomic mass is 16.6. The van der Waals surface area contributed by atoms with Crippen molar-refractivity contribution < 1.29 is 10.0 Å². The molecule has 0 aliphatic rings. The molecule has 0 aliphatic carbocycles. The Morgan fingerprint density at radius 3 is 2.58 bits per heavy atom. The first-order valence-electron chi connectivity index (χ1n) is 3.33. The van der Waals surface area contributed by atoms with Gasteiger partial charge in [0.2, 0.25) is 0 Å². The number of nitrogens with zero attached hydrogens (tertiary/aromatic N) is 2. The maximum absolute atomic E-state index is 10.4. The first kappa shape index (κ1) is 8.45. The van der Waals surface area contributed by atoms with Gasteiger partial charge in [0.15, 0.2) is 0 Å². The predicted octanol–water partition coefficient (Wildman–Crippen LogP) is 1.31. The molecule has 1 aromatic rings. The van der Waals surface area contributed by atoms with Crippen molar-refractivity contribution in [2.45, 2.75) is 13.8 Å². The normalized spacial score (nSPS) is 9.83. The summed E-state index contributed by atoms with van der Waals surface area (Å²) in [7, 11) is 0. The summed E-state index contributed by atoms with van der Waals surface area (Å²) in [6.45, 7) is 3.28. The number of aromatic hydroxyl groups is 1. The van der Waals surface area contributed by atoms with Crippen molar-refractivity contribution in [3.05, 3.63) is 27.4 Å². The summed E-state index contributed by atoms with van der Waals surface area (Å²) in [6, 6.07) is 0. The van der Waals surface area contributed by atoms with Gasteiger partial charge in [-0.25, -0.2) is 4.98 Å². The molecular formula is C7H8N2O3. The molecule has 0 unspecified atom stereocenters. The zero-order chi connectivity index (χ0) is 9.30. The summed E-state index contributed by atoms with van der Waals surface area (Å²) < 4.78 is 0. The van der Waals surface area contributed by atoms with Gasteiger partial charge < -0.3 is 5.11 Å².